The van der Waals surface area contributed by atoms with E-state index >= 15 is 0 Å². The Morgan fingerprint density at radius 1 is 1.33 bits per heavy atom. The van der Waals surface area contributed by atoms with Crippen LogP contribution in [-0.2, 0) is 14.3 Å². The molecule has 0 aliphatic carbocycles. The van der Waals surface area contributed by atoms with Crippen LogP contribution in [0.3, 0.4) is 0 Å². The molecule has 7 heteroatoms. The lowest BCUT2D eigenvalue weighted by Crippen LogP contribution is -2.42. The molecule has 0 bridgehead atoms. The summed E-state index contributed by atoms with van der Waals surface area (Å²) in [5, 5.41) is 11.0. The van der Waals surface area contributed by atoms with Crippen LogP contribution in [-0.4, -0.2) is 42.8 Å². The van der Waals surface area contributed by atoms with E-state index in [1.54, 1.807) is 13.8 Å². The van der Waals surface area contributed by atoms with Crippen LogP contribution >= 0.6 is 0 Å². The molecule has 0 aromatic carbocycles. The van der Waals surface area contributed by atoms with Crippen molar-refractivity contribution in [3.8, 4) is 0 Å². The fourth-order valence-corrected chi connectivity index (χ4v) is 1.43. The van der Waals surface area contributed by atoms with Gasteiger partial charge in [-0.2, -0.15) is 0 Å². The van der Waals surface area contributed by atoms with Gasteiger partial charge in [0, 0.05) is 0 Å². The van der Waals surface area contributed by atoms with Crippen molar-refractivity contribution in [3.05, 3.63) is 0 Å². The maximum atomic E-state index is 11.6. The summed E-state index contributed by atoms with van der Waals surface area (Å²) in [6.45, 7) is 4.84. The van der Waals surface area contributed by atoms with E-state index in [1.165, 1.54) is 6.92 Å². The van der Waals surface area contributed by atoms with E-state index in [-0.39, 0.29) is 6.42 Å². The molecule has 18 heavy (non-hydrogen) atoms. The third-order valence-corrected chi connectivity index (χ3v) is 2.43. The lowest BCUT2D eigenvalue weighted by Gasteiger charge is -2.20. The molecule has 0 spiro atoms. The van der Waals surface area contributed by atoms with Gasteiger partial charge in [-0.3, -0.25) is 9.59 Å². The first-order valence-corrected chi connectivity index (χ1v) is 5.77. The lowest BCUT2D eigenvalue weighted by atomic mass is 10.0. The van der Waals surface area contributed by atoms with Crippen LogP contribution in [0.2, 0.25) is 0 Å². The predicted octanol–water partition coefficient (Wildman–Crippen LogP) is 0.686. The van der Waals surface area contributed by atoms with Crippen LogP contribution in [0.1, 0.15) is 33.6 Å². The molecule has 2 N–H and O–H groups in total. The maximum absolute atomic E-state index is 11.6. The Bertz CT molecular complexity index is 321. The average Bonchev–Trinajstić information content (AvgIpc) is 2.24. The topological polar surface area (TPSA) is 92.7 Å². The first-order valence-electron chi connectivity index (χ1n) is 5.77. The molecule has 3 atom stereocenters. The molecule has 0 heterocycles. The van der Waals surface area contributed by atoms with E-state index in [2.05, 4.69) is 5.32 Å². The summed E-state index contributed by atoms with van der Waals surface area (Å²) < 4.78 is 5.05. The van der Waals surface area contributed by atoms with Gasteiger partial charge < -0.3 is 15.2 Å². The number of carbonyl (C=O) groups is 3. The van der Waals surface area contributed by atoms with Gasteiger partial charge in [0.2, 0.25) is 7.85 Å². The smallest absolute Gasteiger partial charge is 0.328 e. The van der Waals surface area contributed by atoms with Gasteiger partial charge in [-0.15, -0.1) is 0 Å². The summed E-state index contributed by atoms with van der Waals surface area (Å²) in [6, 6.07) is -0.801. The van der Waals surface area contributed by atoms with Crippen LogP contribution in [0.25, 0.3) is 0 Å². The molecule has 1 amide bonds. The number of esters is 1. The summed E-state index contributed by atoms with van der Waals surface area (Å²) in [5.41, 5.74) is 0. The van der Waals surface area contributed by atoms with E-state index < -0.39 is 35.8 Å². The first kappa shape index (κ1) is 16.5. The zero-order chi connectivity index (χ0) is 14.3. The lowest BCUT2D eigenvalue weighted by molar-refractivity contribution is -0.153. The molecule has 100 valence electrons. The zero-order valence-electron chi connectivity index (χ0n) is 10.8. The Labute approximate surface area is 107 Å². The second-order valence-corrected chi connectivity index (χ2v) is 4.19. The molecule has 6 nitrogen and oxygen atoms in total. The number of amides is 1. The Morgan fingerprint density at radius 2 is 1.89 bits per heavy atom. The van der Waals surface area contributed by atoms with Crippen molar-refractivity contribution in [2.45, 2.75) is 45.8 Å². The third kappa shape index (κ3) is 6.27. The second kappa shape index (κ2) is 7.73. The van der Waals surface area contributed by atoms with Crippen molar-refractivity contribution < 1.29 is 24.2 Å². The minimum Gasteiger partial charge on any atom is -0.481 e. The van der Waals surface area contributed by atoms with Crippen molar-refractivity contribution >= 4 is 25.6 Å². The number of carbonyl (C=O) groups excluding carboxylic acids is 2. The highest BCUT2D eigenvalue weighted by molar-refractivity contribution is 6.57. The van der Waals surface area contributed by atoms with Crippen LogP contribution in [0, 0.1) is 5.92 Å². The van der Waals surface area contributed by atoms with E-state index in [0.29, 0.717) is 6.42 Å². The summed E-state index contributed by atoms with van der Waals surface area (Å²) in [5.74, 6) is -2.95. The third-order valence-electron chi connectivity index (χ3n) is 2.43. The Hall–Kier alpha value is -1.53. The van der Waals surface area contributed by atoms with Gasteiger partial charge in [-0.05, 0) is 19.8 Å². The molecule has 0 fully saturated rings. The molecule has 0 aliphatic rings. The van der Waals surface area contributed by atoms with Crippen molar-refractivity contribution in [2.75, 3.05) is 0 Å². The molecule has 0 unspecified atom stereocenters. The number of carboxylic acid groups (broad SMARTS) is 1. The fourth-order valence-electron chi connectivity index (χ4n) is 1.43. The first-order chi connectivity index (χ1) is 8.27. The molecule has 0 aromatic heterocycles. The molecule has 0 aromatic rings. The summed E-state index contributed by atoms with van der Waals surface area (Å²) >= 11 is 0. The number of nitrogens with one attached hydrogen (secondary N) is 1. The number of hydrogen-bond acceptors (Lipinski definition) is 4. The fraction of sp³-hybridized carbons (Fsp3) is 0.727. The van der Waals surface area contributed by atoms with Crippen LogP contribution in [0.5, 0.6) is 0 Å². The Kier molecular flexibility index (Phi) is 7.08. The number of carboxylic acids is 1. The van der Waals surface area contributed by atoms with Gasteiger partial charge in [0.05, 0.1) is 12.0 Å². The van der Waals surface area contributed by atoms with Crippen LogP contribution in [0.15, 0.2) is 0 Å². The molecule has 2 radical (unpaired) electrons. The van der Waals surface area contributed by atoms with Gasteiger partial charge in [-0.25, -0.2) is 4.79 Å². The predicted molar refractivity (Wildman–Crippen MR) is 65.3 cm³/mol. The normalized spacial score (nSPS) is 15.3. The number of ether oxygens (including phenoxy) is 1. The van der Waals surface area contributed by atoms with E-state index in [0.717, 1.165) is 0 Å². The zero-order valence-corrected chi connectivity index (χ0v) is 10.8. The molecule has 0 saturated carbocycles. The van der Waals surface area contributed by atoms with Crippen LogP contribution < -0.4 is 5.32 Å². The SMILES string of the molecule is [B]C(=O)N[C@@H](CC)C(=O)O[C@@H](C)C[C@@H](C)C(=O)O. The van der Waals surface area contributed by atoms with E-state index in [9.17, 15) is 14.4 Å². The second-order valence-electron chi connectivity index (χ2n) is 4.19. The monoisotopic (exact) mass is 255 g/mol. The molecular weight excluding hydrogens is 237 g/mol. The van der Waals surface area contributed by atoms with Crippen molar-refractivity contribution in [1.82, 2.24) is 5.32 Å². The van der Waals surface area contributed by atoms with E-state index in [1.807, 2.05) is 0 Å². The van der Waals surface area contributed by atoms with Gasteiger partial charge in [0.1, 0.15) is 6.04 Å². The average molecular weight is 255 g/mol. The highest BCUT2D eigenvalue weighted by Crippen LogP contribution is 2.10. The summed E-state index contributed by atoms with van der Waals surface area (Å²) in [7, 11) is 4.92. The van der Waals surface area contributed by atoms with Crippen molar-refractivity contribution in [3.63, 3.8) is 0 Å². The summed E-state index contributed by atoms with van der Waals surface area (Å²) in [6.07, 6.45) is 0.0316. The Balaban J connectivity index is 4.27. The molecular formula is C11H18BNO5. The Morgan fingerprint density at radius 3 is 2.28 bits per heavy atom. The molecule has 0 aliphatic heterocycles. The molecule has 0 saturated heterocycles. The highest BCUT2D eigenvalue weighted by atomic mass is 16.5. The molecule has 0 rings (SSSR count). The van der Waals surface area contributed by atoms with Crippen molar-refractivity contribution in [2.24, 2.45) is 5.92 Å². The standard InChI is InChI=1S/C11H18BNO5/c1-4-8(13-11(12)17)10(16)18-7(3)5-6(2)9(14)15/h6-8H,4-5H2,1-3H3,(H,13,17)(H,14,15)/t6-,7+,8+/m1/s1. The number of aliphatic carboxylic acids is 1. The van der Waals surface area contributed by atoms with E-state index in [4.69, 9.17) is 17.7 Å². The van der Waals surface area contributed by atoms with Gasteiger partial charge in [0.15, 0.2) is 5.81 Å². The number of hydrogen-bond donors (Lipinski definition) is 2. The maximum Gasteiger partial charge on any atom is 0.328 e. The quantitative estimate of drug-likeness (QED) is 0.515. The van der Waals surface area contributed by atoms with Gasteiger partial charge in [-0.1, -0.05) is 13.8 Å². The van der Waals surface area contributed by atoms with Gasteiger partial charge >= 0.3 is 11.9 Å². The number of rotatable bonds is 7. The highest BCUT2D eigenvalue weighted by Gasteiger charge is 2.23. The largest absolute Gasteiger partial charge is 0.481 e. The minimum atomic E-state index is -0.944. The van der Waals surface area contributed by atoms with Crippen molar-refractivity contribution in [1.29, 1.82) is 0 Å². The van der Waals surface area contributed by atoms with Crippen LogP contribution in [0.4, 0.5) is 4.79 Å². The minimum absolute atomic E-state index is 0.216. The summed E-state index contributed by atoms with van der Waals surface area (Å²) in [4.78, 5) is 32.9. The van der Waals surface area contributed by atoms with Gasteiger partial charge in [0.25, 0.3) is 0 Å².